The summed E-state index contributed by atoms with van der Waals surface area (Å²) in [5.41, 5.74) is 0.129. The van der Waals surface area contributed by atoms with Gasteiger partial charge in [0.25, 0.3) is 0 Å². The number of anilines is 1. The number of aldehydes is 1. The van der Waals surface area contributed by atoms with Crippen molar-refractivity contribution in [1.29, 1.82) is 0 Å². The molecule has 0 amide bonds. The van der Waals surface area contributed by atoms with Gasteiger partial charge in [-0.1, -0.05) is 0 Å². The van der Waals surface area contributed by atoms with E-state index in [2.05, 4.69) is 9.71 Å². The van der Waals surface area contributed by atoms with E-state index in [1.54, 1.807) is 6.07 Å². The molecule has 1 aromatic heterocycles. The quantitative estimate of drug-likeness (QED) is 0.788. The molecule has 0 spiro atoms. The van der Waals surface area contributed by atoms with E-state index in [0.717, 1.165) is 19.1 Å². The normalized spacial score (nSPS) is 15.4. The highest BCUT2D eigenvalue weighted by molar-refractivity contribution is 7.92. The molecule has 7 heteroatoms. The summed E-state index contributed by atoms with van der Waals surface area (Å²) in [6, 6.07) is 1.55. The van der Waals surface area contributed by atoms with Crippen LogP contribution in [0.5, 0.6) is 5.75 Å². The maximum Gasteiger partial charge on any atom is 0.230 e. The second-order valence-corrected chi connectivity index (χ2v) is 5.63. The second kappa shape index (κ2) is 4.33. The predicted octanol–water partition coefficient (Wildman–Crippen LogP) is 0.807. The van der Waals surface area contributed by atoms with E-state index in [-0.39, 0.29) is 17.5 Å². The minimum Gasteiger partial charge on any atom is -0.489 e. The Morgan fingerprint density at radius 2 is 2.24 bits per heavy atom. The van der Waals surface area contributed by atoms with E-state index in [1.165, 1.54) is 6.20 Å². The van der Waals surface area contributed by atoms with Gasteiger partial charge < -0.3 is 4.74 Å². The maximum absolute atomic E-state index is 11.1. The second-order valence-electron chi connectivity index (χ2n) is 3.88. The third-order valence-electron chi connectivity index (χ3n) is 2.17. The Morgan fingerprint density at radius 3 is 2.76 bits per heavy atom. The van der Waals surface area contributed by atoms with Gasteiger partial charge in [-0.25, -0.2) is 13.4 Å². The molecule has 0 saturated heterocycles. The van der Waals surface area contributed by atoms with E-state index in [9.17, 15) is 13.2 Å². The highest BCUT2D eigenvalue weighted by Gasteiger charge is 2.25. The van der Waals surface area contributed by atoms with Crippen LogP contribution in [0.1, 0.15) is 23.2 Å². The molecule has 0 unspecified atom stereocenters. The van der Waals surface area contributed by atoms with Crippen molar-refractivity contribution in [2.45, 2.75) is 18.9 Å². The van der Waals surface area contributed by atoms with Crippen LogP contribution in [-0.4, -0.2) is 32.0 Å². The zero-order valence-electron chi connectivity index (χ0n) is 9.21. The molecule has 0 aliphatic heterocycles. The lowest BCUT2D eigenvalue weighted by Gasteiger charge is -2.10. The zero-order chi connectivity index (χ0) is 12.5. The monoisotopic (exact) mass is 256 g/mol. The standard InChI is InChI=1S/C10H12N2O4S/c1-17(14,15)12-10-8(6-13)9(4-5-11-10)16-7-2-3-7/h4-7H,2-3H2,1H3,(H,11,12). The first-order valence-corrected chi connectivity index (χ1v) is 6.97. The molecule has 0 atom stereocenters. The number of rotatable bonds is 5. The van der Waals surface area contributed by atoms with E-state index in [4.69, 9.17) is 4.74 Å². The maximum atomic E-state index is 11.1. The molecule has 2 rings (SSSR count). The number of ether oxygens (including phenoxy) is 1. The number of nitrogens with zero attached hydrogens (tertiary/aromatic N) is 1. The molecule has 0 aromatic carbocycles. The van der Waals surface area contributed by atoms with Crippen LogP contribution >= 0.6 is 0 Å². The van der Waals surface area contributed by atoms with Gasteiger partial charge in [-0.3, -0.25) is 9.52 Å². The summed E-state index contributed by atoms with van der Waals surface area (Å²) in [7, 11) is -3.47. The number of pyridine rings is 1. The SMILES string of the molecule is CS(=O)(=O)Nc1nccc(OC2CC2)c1C=O. The highest BCUT2D eigenvalue weighted by atomic mass is 32.2. The smallest absolute Gasteiger partial charge is 0.230 e. The Hall–Kier alpha value is -1.63. The van der Waals surface area contributed by atoms with E-state index in [0.29, 0.717) is 12.0 Å². The van der Waals surface area contributed by atoms with Crippen molar-refractivity contribution in [2.75, 3.05) is 11.0 Å². The molecular weight excluding hydrogens is 244 g/mol. The summed E-state index contributed by atoms with van der Waals surface area (Å²) in [6.07, 6.45) is 4.97. The van der Waals surface area contributed by atoms with Crippen LogP contribution in [0.15, 0.2) is 12.3 Å². The van der Waals surface area contributed by atoms with Crippen molar-refractivity contribution in [2.24, 2.45) is 0 Å². The van der Waals surface area contributed by atoms with Crippen molar-refractivity contribution < 1.29 is 17.9 Å². The molecule has 0 radical (unpaired) electrons. The van der Waals surface area contributed by atoms with Gasteiger partial charge in [-0.15, -0.1) is 0 Å². The van der Waals surface area contributed by atoms with Crippen molar-refractivity contribution >= 4 is 22.1 Å². The zero-order valence-corrected chi connectivity index (χ0v) is 10.0. The Bertz CT molecular complexity index is 537. The lowest BCUT2D eigenvalue weighted by atomic mass is 10.2. The third kappa shape index (κ3) is 3.16. The Balaban J connectivity index is 2.33. The number of aromatic nitrogens is 1. The van der Waals surface area contributed by atoms with E-state index >= 15 is 0 Å². The molecule has 1 N–H and O–H groups in total. The number of sulfonamides is 1. The molecule has 1 fully saturated rings. The minimum absolute atomic E-state index is 0.000602. The van der Waals surface area contributed by atoms with Gasteiger partial charge in [0.1, 0.15) is 5.75 Å². The first-order valence-electron chi connectivity index (χ1n) is 5.08. The first kappa shape index (κ1) is 11.8. The Kier molecular flexibility index (Phi) is 3.01. The van der Waals surface area contributed by atoms with E-state index in [1.807, 2.05) is 0 Å². The Labute approximate surface area is 99.1 Å². The van der Waals surface area contributed by atoms with Crippen molar-refractivity contribution in [3.63, 3.8) is 0 Å². The van der Waals surface area contributed by atoms with Crippen LogP contribution in [0, 0.1) is 0 Å². The number of carbonyl (C=O) groups is 1. The fourth-order valence-corrected chi connectivity index (χ4v) is 1.81. The summed E-state index contributed by atoms with van der Waals surface area (Å²) < 4.78 is 29.9. The third-order valence-corrected chi connectivity index (χ3v) is 2.73. The molecule has 0 bridgehead atoms. The highest BCUT2D eigenvalue weighted by Crippen LogP contribution is 2.30. The fraction of sp³-hybridized carbons (Fsp3) is 0.400. The van der Waals surface area contributed by atoms with Gasteiger partial charge in [0.05, 0.1) is 17.9 Å². The van der Waals surface area contributed by atoms with Gasteiger partial charge in [0, 0.05) is 6.20 Å². The topological polar surface area (TPSA) is 85.4 Å². The first-order chi connectivity index (χ1) is 7.99. The molecule has 1 aliphatic carbocycles. The van der Waals surface area contributed by atoms with Crippen LogP contribution in [0.2, 0.25) is 0 Å². The molecular formula is C10H12N2O4S. The minimum atomic E-state index is -3.47. The van der Waals surface area contributed by atoms with Gasteiger partial charge in [-0.2, -0.15) is 0 Å². The molecule has 17 heavy (non-hydrogen) atoms. The fourth-order valence-electron chi connectivity index (χ4n) is 1.29. The van der Waals surface area contributed by atoms with Crippen LogP contribution in [0.3, 0.4) is 0 Å². The molecule has 1 saturated carbocycles. The molecule has 1 aliphatic rings. The predicted molar refractivity (Wildman–Crippen MR) is 61.7 cm³/mol. The molecule has 6 nitrogen and oxygen atoms in total. The van der Waals surface area contributed by atoms with Gasteiger partial charge >= 0.3 is 0 Å². The van der Waals surface area contributed by atoms with Crippen LogP contribution < -0.4 is 9.46 Å². The van der Waals surface area contributed by atoms with Gasteiger partial charge in [0.2, 0.25) is 10.0 Å². The summed E-state index contributed by atoms with van der Waals surface area (Å²) in [5.74, 6) is 0.365. The van der Waals surface area contributed by atoms with Crippen LogP contribution in [-0.2, 0) is 10.0 Å². The molecule has 92 valence electrons. The van der Waals surface area contributed by atoms with Crippen LogP contribution in [0.4, 0.5) is 5.82 Å². The van der Waals surface area contributed by atoms with Crippen LogP contribution in [0.25, 0.3) is 0 Å². The average molecular weight is 256 g/mol. The summed E-state index contributed by atoms with van der Waals surface area (Å²) in [4.78, 5) is 14.8. The van der Waals surface area contributed by atoms with Crippen molar-refractivity contribution in [3.8, 4) is 5.75 Å². The lowest BCUT2D eigenvalue weighted by molar-refractivity contribution is 0.112. The van der Waals surface area contributed by atoms with Crippen molar-refractivity contribution in [1.82, 2.24) is 4.98 Å². The largest absolute Gasteiger partial charge is 0.489 e. The van der Waals surface area contributed by atoms with Gasteiger partial charge in [-0.05, 0) is 18.9 Å². The average Bonchev–Trinajstić information content (AvgIpc) is 2.99. The van der Waals surface area contributed by atoms with Gasteiger partial charge in [0.15, 0.2) is 12.1 Å². The number of nitrogens with one attached hydrogen (secondary N) is 1. The van der Waals surface area contributed by atoms with E-state index < -0.39 is 10.0 Å². The molecule has 1 heterocycles. The Morgan fingerprint density at radius 1 is 1.53 bits per heavy atom. The van der Waals surface area contributed by atoms with Crippen molar-refractivity contribution in [3.05, 3.63) is 17.8 Å². The number of hydrogen-bond acceptors (Lipinski definition) is 5. The number of carbonyl (C=O) groups excluding carboxylic acids is 1. The summed E-state index contributed by atoms with van der Waals surface area (Å²) in [5, 5.41) is 0. The number of hydrogen-bond donors (Lipinski definition) is 1. The molecule has 1 aromatic rings. The summed E-state index contributed by atoms with van der Waals surface area (Å²) in [6.45, 7) is 0. The summed E-state index contributed by atoms with van der Waals surface area (Å²) >= 11 is 0. The lowest BCUT2D eigenvalue weighted by Crippen LogP contribution is -2.13.